The minimum Gasteiger partial charge on any atom is -0.457 e. The first-order valence-corrected chi connectivity index (χ1v) is 7.60. The molecule has 0 aromatic heterocycles. The number of rotatable bonds is 1. The summed E-state index contributed by atoms with van der Waals surface area (Å²) in [6, 6.07) is 0. The molecule has 2 aliphatic carbocycles. The Hall–Kier alpha value is -1.91. The third kappa shape index (κ3) is 1.87. The zero-order valence-corrected chi connectivity index (χ0v) is 13.0. The molecule has 0 amide bonds. The van der Waals surface area contributed by atoms with Crippen molar-refractivity contribution in [2.75, 3.05) is 0 Å². The predicted octanol–water partition coefficient (Wildman–Crippen LogP) is 1.96. The Morgan fingerprint density at radius 1 is 1.41 bits per heavy atom. The lowest BCUT2D eigenvalue weighted by atomic mass is 9.71. The summed E-state index contributed by atoms with van der Waals surface area (Å²) in [5, 5.41) is 0. The van der Waals surface area contributed by atoms with E-state index in [2.05, 4.69) is 13.5 Å². The van der Waals surface area contributed by atoms with Crippen molar-refractivity contribution < 1.29 is 23.9 Å². The molecule has 0 aromatic carbocycles. The number of hydrogen-bond donors (Lipinski definition) is 0. The lowest BCUT2D eigenvalue weighted by molar-refractivity contribution is -0.157. The molecule has 5 nitrogen and oxygen atoms in total. The van der Waals surface area contributed by atoms with Crippen molar-refractivity contribution >= 4 is 17.7 Å². The molecule has 2 fully saturated rings. The zero-order chi connectivity index (χ0) is 16.2. The highest BCUT2D eigenvalue weighted by Crippen LogP contribution is 2.54. The molecule has 0 radical (unpaired) electrons. The van der Waals surface area contributed by atoms with Crippen LogP contribution >= 0.6 is 0 Å². The number of Topliss-reactive ketones (excluding diaryl/α,β-unsaturated/α-hetero) is 1. The van der Waals surface area contributed by atoms with Gasteiger partial charge in [0.15, 0.2) is 11.9 Å². The highest BCUT2D eigenvalue weighted by molar-refractivity contribution is 6.00. The van der Waals surface area contributed by atoms with Gasteiger partial charge < -0.3 is 9.47 Å². The first kappa shape index (κ1) is 15.0. The maximum atomic E-state index is 12.9. The average Bonchev–Trinajstić information content (AvgIpc) is 2.83. The molecular formula is C17H20O5. The molecule has 0 unspecified atom stereocenters. The van der Waals surface area contributed by atoms with Gasteiger partial charge >= 0.3 is 11.9 Å². The molecule has 0 spiro atoms. The van der Waals surface area contributed by atoms with Crippen molar-refractivity contribution in [2.45, 2.75) is 45.8 Å². The molecule has 0 bridgehead atoms. The smallest absolute Gasteiger partial charge is 0.334 e. The molecule has 22 heavy (non-hydrogen) atoms. The second-order valence-electron chi connectivity index (χ2n) is 6.65. The summed E-state index contributed by atoms with van der Waals surface area (Å²) in [5.41, 5.74) is 0.428. The number of fused-ring (bicyclic) bond motifs is 3. The minimum atomic E-state index is -0.935. The normalized spacial score (nSPS) is 40.5. The Kier molecular flexibility index (Phi) is 3.27. The van der Waals surface area contributed by atoms with Gasteiger partial charge in [-0.05, 0) is 31.8 Å². The molecule has 1 heterocycles. The van der Waals surface area contributed by atoms with E-state index < -0.39 is 29.6 Å². The van der Waals surface area contributed by atoms with Crippen LogP contribution in [-0.4, -0.2) is 29.9 Å². The third-order valence-electron chi connectivity index (χ3n) is 5.31. The number of ether oxygens (including phenoxy) is 2. The Bertz CT molecular complexity index is 617. The van der Waals surface area contributed by atoms with Gasteiger partial charge in [-0.3, -0.25) is 9.59 Å². The number of esters is 2. The second kappa shape index (κ2) is 4.80. The molecule has 3 aliphatic rings. The van der Waals surface area contributed by atoms with Crippen LogP contribution in [0.2, 0.25) is 0 Å². The van der Waals surface area contributed by atoms with Crippen molar-refractivity contribution in [2.24, 2.45) is 17.3 Å². The van der Waals surface area contributed by atoms with Gasteiger partial charge in [-0.2, -0.15) is 0 Å². The van der Waals surface area contributed by atoms with Crippen LogP contribution in [0.4, 0.5) is 0 Å². The standard InChI is InChI=1S/C17H20O5/c1-8-5-6-11-9(2)16(20)22-15(11)17(4)12(8)7-13(14(17)19)21-10(3)18/h7-8,11,13,15H,2,5-6H2,1,3-4H3/t8-,11-,13-,15+,17-/m0/s1. The fourth-order valence-electron chi connectivity index (χ4n) is 4.13. The van der Waals surface area contributed by atoms with Crippen molar-refractivity contribution in [3.05, 3.63) is 23.8 Å². The molecule has 5 atom stereocenters. The number of hydrogen-bond acceptors (Lipinski definition) is 5. The quantitative estimate of drug-likeness (QED) is 0.421. The van der Waals surface area contributed by atoms with Crippen LogP contribution in [0.15, 0.2) is 23.8 Å². The number of ketones is 1. The van der Waals surface area contributed by atoms with Crippen molar-refractivity contribution in [3.63, 3.8) is 0 Å². The average molecular weight is 304 g/mol. The summed E-state index contributed by atoms with van der Waals surface area (Å²) < 4.78 is 10.7. The van der Waals surface area contributed by atoms with Gasteiger partial charge in [-0.15, -0.1) is 0 Å². The molecule has 0 N–H and O–H groups in total. The maximum Gasteiger partial charge on any atom is 0.334 e. The van der Waals surface area contributed by atoms with Gasteiger partial charge in [0.1, 0.15) is 6.10 Å². The van der Waals surface area contributed by atoms with Gasteiger partial charge in [0.05, 0.1) is 5.41 Å². The van der Waals surface area contributed by atoms with Crippen LogP contribution in [0.1, 0.15) is 33.6 Å². The van der Waals surface area contributed by atoms with Gasteiger partial charge in [0, 0.05) is 18.4 Å². The summed E-state index contributed by atoms with van der Waals surface area (Å²) >= 11 is 0. The first-order valence-electron chi connectivity index (χ1n) is 7.60. The van der Waals surface area contributed by atoms with E-state index in [4.69, 9.17) is 9.47 Å². The largest absolute Gasteiger partial charge is 0.457 e. The maximum absolute atomic E-state index is 12.9. The van der Waals surface area contributed by atoms with Crippen molar-refractivity contribution in [1.82, 2.24) is 0 Å². The number of carbonyl (C=O) groups excluding carboxylic acids is 3. The third-order valence-corrected chi connectivity index (χ3v) is 5.31. The molecule has 3 rings (SSSR count). The minimum absolute atomic E-state index is 0.147. The predicted molar refractivity (Wildman–Crippen MR) is 77.7 cm³/mol. The van der Waals surface area contributed by atoms with E-state index in [0.29, 0.717) is 5.57 Å². The lowest BCUT2D eigenvalue weighted by Gasteiger charge is -2.34. The Morgan fingerprint density at radius 2 is 2.09 bits per heavy atom. The highest BCUT2D eigenvalue weighted by Gasteiger charge is 2.61. The van der Waals surface area contributed by atoms with Gasteiger partial charge in [0.2, 0.25) is 0 Å². The first-order chi connectivity index (χ1) is 10.3. The molecule has 0 aromatic rings. The molecule has 1 saturated heterocycles. The summed E-state index contributed by atoms with van der Waals surface area (Å²) in [7, 11) is 0. The molecule has 118 valence electrons. The summed E-state index contributed by atoms with van der Waals surface area (Å²) in [4.78, 5) is 36.0. The monoisotopic (exact) mass is 304 g/mol. The lowest BCUT2D eigenvalue weighted by Crippen LogP contribution is -2.45. The number of carbonyl (C=O) groups is 3. The Balaban J connectivity index is 2.06. The summed E-state index contributed by atoms with van der Waals surface area (Å²) in [5.74, 6) is -1.09. The molecule has 5 heteroatoms. The Morgan fingerprint density at radius 3 is 2.73 bits per heavy atom. The molecule has 1 saturated carbocycles. The van der Waals surface area contributed by atoms with Crippen LogP contribution in [0.3, 0.4) is 0 Å². The van der Waals surface area contributed by atoms with Crippen LogP contribution in [-0.2, 0) is 23.9 Å². The molecule has 1 aliphatic heterocycles. The zero-order valence-electron chi connectivity index (χ0n) is 13.0. The van der Waals surface area contributed by atoms with E-state index >= 15 is 0 Å². The van der Waals surface area contributed by atoms with Crippen LogP contribution < -0.4 is 0 Å². The highest BCUT2D eigenvalue weighted by atomic mass is 16.6. The van der Waals surface area contributed by atoms with E-state index in [0.717, 1.165) is 18.4 Å². The molecular weight excluding hydrogens is 284 g/mol. The fourth-order valence-corrected chi connectivity index (χ4v) is 4.13. The Labute approximate surface area is 129 Å². The van der Waals surface area contributed by atoms with Gasteiger partial charge in [0.25, 0.3) is 0 Å². The van der Waals surface area contributed by atoms with E-state index in [-0.39, 0.29) is 17.6 Å². The summed E-state index contributed by atoms with van der Waals surface area (Å²) in [6.45, 7) is 8.97. The van der Waals surface area contributed by atoms with Crippen LogP contribution in [0.25, 0.3) is 0 Å². The fraction of sp³-hybridized carbons (Fsp3) is 0.588. The van der Waals surface area contributed by atoms with E-state index in [1.807, 2.05) is 0 Å². The van der Waals surface area contributed by atoms with Crippen molar-refractivity contribution in [3.8, 4) is 0 Å². The van der Waals surface area contributed by atoms with Gasteiger partial charge in [-0.25, -0.2) is 4.79 Å². The topological polar surface area (TPSA) is 69.7 Å². The van der Waals surface area contributed by atoms with Crippen LogP contribution in [0.5, 0.6) is 0 Å². The SMILES string of the molecule is C=C1C(=O)O[C@@H]2[C@H]1CC[C@H](C)C1=C[C@H](OC(C)=O)C(=O)[C@]12C. The van der Waals surface area contributed by atoms with E-state index in [1.165, 1.54) is 6.92 Å². The second-order valence-corrected chi connectivity index (χ2v) is 6.65. The van der Waals surface area contributed by atoms with E-state index in [1.54, 1.807) is 13.0 Å². The summed E-state index contributed by atoms with van der Waals surface area (Å²) in [6.07, 6.45) is 1.93. The van der Waals surface area contributed by atoms with E-state index in [9.17, 15) is 14.4 Å². The van der Waals surface area contributed by atoms with Crippen LogP contribution in [0, 0.1) is 17.3 Å². The van der Waals surface area contributed by atoms with Crippen molar-refractivity contribution in [1.29, 1.82) is 0 Å². The van der Waals surface area contributed by atoms with Gasteiger partial charge in [-0.1, -0.05) is 19.1 Å².